The molecular formula is C16H20F3NO. The average Bonchev–Trinajstić information content (AvgIpc) is 2.81. The van der Waals surface area contributed by atoms with Crippen LogP contribution in [0.4, 0.5) is 13.2 Å². The van der Waals surface area contributed by atoms with Crippen LogP contribution >= 0.6 is 0 Å². The van der Waals surface area contributed by atoms with Crippen LogP contribution in [0.1, 0.15) is 44.6 Å². The average molecular weight is 299 g/mol. The summed E-state index contributed by atoms with van der Waals surface area (Å²) >= 11 is 0. The van der Waals surface area contributed by atoms with Gasteiger partial charge in [0.1, 0.15) is 0 Å². The van der Waals surface area contributed by atoms with Gasteiger partial charge in [-0.1, -0.05) is 44.7 Å². The Morgan fingerprint density at radius 2 is 1.86 bits per heavy atom. The molecule has 0 fully saturated rings. The molecule has 21 heavy (non-hydrogen) atoms. The van der Waals surface area contributed by atoms with Gasteiger partial charge < -0.3 is 9.72 Å². The van der Waals surface area contributed by atoms with Crippen molar-refractivity contribution in [2.45, 2.75) is 51.8 Å². The number of aromatic amines is 1. The van der Waals surface area contributed by atoms with Crippen LogP contribution < -0.4 is 4.74 Å². The predicted molar refractivity (Wildman–Crippen MR) is 77.4 cm³/mol. The molecule has 0 aliphatic rings. The molecule has 1 aromatic heterocycles. The van der Waals surface area contributed by atoms with Crippen molar-refractivity contribution in [3.05, 3.63) is 30.0 Å². The van der Waals surface area contributed by atoms with Gasteiger partial charge in [0.25, 0.3) is 0 Å². The van der Waals surface area contributed by atoms with Crippen molar-refractivity contribution in [1.29, 1.82) is 0 Å². The van der Waals surface area contributed by atoms with Crippen molar-refractivity contribution in [3.8, 4) is 5.75 Å². The Labute approximate surface area is 122 Å². The molecule has 0 bridgehead atoms. The monoisotopic (exact) mass is 299 g/mol. The van der Waals surface area contributed by atoms with Crippen molar-refractivity contribution in [3.63, 3.8) is 0 Å². The molecule has 1 heterocycles. The van der Waals surface area contributed by atoms with Gasteiger partial charge in [0.15, 0.2) is 5.75 Å². The van der Waals surface area contributed by atoms with Crippen LogP contribution in [0.2, 0.25) is 0 Å². The van der Waals surface area contributed by atoms with Crippen LogP contribution in [0.15, 0.2) is 24.4 Å². The van der Waals surface area contributed by atoms with Gasteiger partial charge in [-0.05, 0) is 24.5 Å². The first kappa shape index (κ1) is 15.7. The quantitative estimate of drug-likeness (QED) is 0.663. The Hall–Kier alpha value is -1.65. The van der Waals surface area contributed by atoms with Crippen LogP contribution in [-0.4, -0.2) is 11.3 Å². The second-order valence-electron chi connectivity index (χ2n) is 5.20. The molecule has 2 aromatic rings. The molecule has 0 aliphatic heterocycles. The minimum absolute atomic E-state index is 0.169. The lowest BCUT2D eigenvalue weighted by Crippen LogP contribution is -2.17. The van der Waals surface area contributed by atoms with Gasteiger partial charge in [-0.3, -0.25) is 0 Å². The number of halogens is 3. The van der Waals surface area contributed by atoms with Gasteiger partial charge >= 0.3 is 6.36 Å². The molecule has 0 saturated carbocycles. The maximum atomic E-state index is 12.4. The minimum atomic E-state index is -4.67. The summed E-state index contributed by atoms with van der Waals surface area (Å²) in [6, 6.07) is 4.76. The van der Waals surface area contributed by atoms with E-state index in [4.69, 9.17) is 0 Å². The van der Waals surface area contributed by atoms with Crippen LogP contribution in [0.5, 0.6) is 5.75 Å². The number of aromatic nitrogens is 1. The van der Waals surface area contributed by atoms with Crippen molar-refractivity contribution in [2.75, 3.05) is 0 Å². The highest BCUT2D eigenvalue weighted by Crippen LogP contribution is 2.31. The third-order valence-corrected chi connectivity index (χ3v) is 3.54. The second kappa shape index (κ2) is 6.87. The Balaban J connectivity index is 2.07. The number of rotatable bonds is 7. The molecule has 1 N–H and O–H groups in total. The lowest BCUT2D eigenvalue weighted by Gasteiger charge is -2.09. The number of alkyl halides is 3. The molecule has 0 saturated heterocycles. The van der Waals surface area contributed by atoms with E-state index >= 15 is 0 Å². The number of ether oxygens (including phenoxy) is 1. The third kappa shape index (κ3) is 4.41. The lowest BCUT2D eigenvalue weighted by molar-refractivity contribution is -0.274. The van der Waals surface area contributed by atoms with E-state index in [0.29, 0.717) is 5.52 Å². The zero-order chi connectivity index (χ0) is 15.3. The van der Waals surface area contributed by atoms with E-state index < -0.39 is 6.36 Å². The number of H-pyrrole nitrogens is 1. The molecular weight excluding hydrogens is 279 g/mol. The second-order valence-corrected chi connectivity index (χ2v) is 5.20. The maximum Gasteiger partial charge on any atom is 0.573 e. The summed E-state index contributed by atoms with van der Waals surface area (Å²) in [5.41, 5.74) is 1.47. The number of para-hydroxylation sites is 1. The van der Waals surface area contributed by atoms with E-state index in [-0.39, 0.29) is 5.75 Å². The fourth-order valence-corrected chi connectivity index (χ4v) is 2.52. The molecule has 0 unspecified atom stereocenters. The normalized spacial score (nSPS) is 12.0. The number of hydrogen-bond acceptors (Lipinski definition) is 1. The predicted octanol–water partition coefficient (Wildman–Crippen LogP) is 5.58. The number of unbranched alkanes of at least 4 members (excludes halogenated alkanes) is 4. The summed E-state index contributed by atoms with van der Waals surface area (Å²) in [4.78, 5) is 2.91. The zero-order valence-corrected chi connectivity index (χ0v) is 12.1. The molecule has 5 heteroatoms. The van der Waals surface area contributed by atoms with Crippen LogP contribution in [0, 0.1) is 0 Å². The van der Waals surface area contributed by atoms with Gasteiger partial charge in [-0.15, -0.1) is 13.2 Å². The summed E-state index contributed by atoms with van der Waals surface area (Å²) in [6.07, 6.45) is 3.84. The van der Waals surface area contributed by atoms with E-state index in [9.17, 15) is 13.2 Å². The van der Waals surface area contributed by atoms with Gasteiger partial charge in [-0.25, -0.2) is 0 Å². The molecule has 0 atom stereocenters. The first-order valence-corrected chi connectivity index (χ1v) is 7.36. The van der Waals surface area contributed by atoms with Gasteiger partial charge in [-0.2, -0.15) is 0 Å². The van der Waals surface area contributed by atoms with Crippen LogP contribution in [-0.2, 0) is 6.42 Å². The molecule has 2 rings (SSSR count). The first-order chi connectivity index (χ1) is 10.0. The number of aryl methyl sites for hydroxylation is 1. The van der Waals surface area contributed by atoms with E-state index in [1.54, 1.807) is 12.3 Å². The smallest absolute Gasteiger partial charge is 0.404 e. The number of benzene rings is 1. The summed E-state index contributed by atoms with van der Waals surface area (Å²) in [5.74, 6) is -0.169. The van der Waals surface area contributed by atoms with E-state index in [1.165, 1.54) is 25.3 Å². The first-order valence-electron chi connectivity index (χ1n) is 7.36. The topological polar surface area (TPSA) is 25.0 Å². The molecule has 1 aromatic carbocycles. The Morgan fingerprint density at radius 1 is 1.10 bits per heavy atom. The van der Waals surface area contributed by atoms with Crippen LogP contribution in [0.3, 0.4) is 0 Å². The molecule has 0 spiro atoms. The minimum Gasteiger partial charge on any atom is -0.404 e. The molecule has 0 radical (unpaired) electrons. The Morgan fingerprint density at radius 3 is 2.57 bits per heavy atom. The standard InChI is InChI=1S/C16H20F3NO/c1-2-3-4-5-6-8-12-11-20-15-13(12)9-7-10-14(15)21-16(17,18)19/h7,9-11,20H,2-6,8H2,1H3. The fraction of sp³-hybridized carbons (Fsp3) is 0.500. The number of hydrogen-bond donors (Lipinski definition) is 1. The largest absolute Gasteiger partial charge is 0.573 e. The van der Waals surface area contributed by atoms with Crippen molar-refractivity contribution in [2.24, 2.45) is 0 Å². The van der Waals surface area contributed by atoms with E-state index in [0.717, 1.165) is 30.2 Å². The third-order valence-electron chi connectivity index (χ3n) is 3.54. The van der Waals surface area contributed by atoms with Crippen LogP contribution in [0.25, 0.3) is 10.9 Å². The number of fused-ring (bicyclic) bond motifs is 1. The molecule has 2 nitrogen and oxygen atoms in total. The summed E-state index contributed by atoms with van der Waals surface area (Å²) in [5, 5.41) is 0.812. The summed E-state index contributed by atoms with van der Waals surface area (Å²) in [7, 11) is 0. The maximum absolute atomic E-state index is 12.4. The van der Waals surface area contributed by atoms with Gasteiger partial charge in [0, 0.05) is 11.6 Å². The SMILES string of the molecule is CCCCCCCc1c[nH]c2c(OC(F)(F)F)cccc12. The summed E-state index contributed by atoms with van der Waals surface area (Å²) in [6.45, 7) is 2.17. The fourth-order valence-electron chi connectivity index (χ4n) is 2.52. The Kier molecular flexibility index (Phi) is 5.15. The molecule has 116 valence electrons. The van der Waals surface area contributed by atoms with E-state index in [2.05, 4.69) is 16.6 Å². The van der Waals surface area contributed by atoms with Crippen molar-refractivity contribution < 1.29 is 17.9 Å². The zero-order valence-electron chi connectivity index (χ0n) is 12.1. The molecule has 0 amide bonds. The van der Waals surface area contributed by atoms with Gasteiger partial charge in [0.2, 0.25) is 0 Å². The highest BCUT2D eigenvalue weighted by molar-refractivity contribution is 5.88. The molecule has 0 aliphatic carbocycles. The highest BCUT2D eigenvalue weighted by Gasteiger charge is 2.32. The van der Waals surface area contributed by atoms with Crippen molar-refractivity contribution >= 4 is 10.9 Å². The number of nitrogens with one attached hydrogen (secondary N) is 1. The van der Waals surface area contributed by atoms with E-state index in [1.807, 2.05) is 6.07 Å². The van der Waals surface area contributed by atoms with Crippen molar-refractivity contribution in [1.82, 2.24) is 4.98 Å². The lowest BCUT2D eigenvalue weighted by atomic mass is 10.0. The van der Waals surface area contributed by atoms with Gasteiger partial charge in [0.05, 0.1) is 5.52 Å². The highest BCUT2D eigenvalue weighted by atomic mass is 19.4. The Bertz CT molecular complexity index is 574. The summed E-state index contributed by atoms with van der Waals surface area (Å²) < 4.78 is 41.1.